The van der Waals surface area contributed by atoms with Gasteiger partial charge in [-0.25, -0.2) is 4.79 Å². The van der Waals surface area contributed by atoms with Crippen LogP contribution in [0.4, 0.5) is 0 Å². The summed E-state index contributed by atoms with van der Waals surface area (Å²) in [5.41, 5.74) is 2.03. The van der Waals surface area contributed by atoms with Gasteiger partial charge in [0.15, 0.2) is 0 Å². The third-order valence-electron chi connectivity index (χ3n) is 6.17. The predicted octanol–water partition coefficient (Wildman–Crippen LogP) is 3.36. The van der Waals surface area contributed by atoms with E-state index in [9.17, 15) is 19.5 Å². The van der Waals surface area contributed by atoms with E-state index in [1.807, 2.05) is 19.0 Å². The number of hydrogen-bond donors (Lipinski definition) is 2. The summed E-state index contributed by atoms with van der Waals surface area (Å²) in [5.74, 6) is -1.75. The first-order valence-electron chi connectivity index (χ1n) is 11.7. The topological polar surface area (TPSA) is 112 Å². The Kier molecular flexibility index (Phi) is 8.37. The second-order valence-electron chi connectivity index (χ2n) is 8.93. The molecule has 2 aromatic rings. The number of Topliss-reactive ketones (excluding diaryl/α,β-unsaturated/α-hetero) is 1. The molecule has 2 heterocycles. The van der Waals surface area contributed by atoms with Crippen molar-refractivity contribution in [1.82, 2.24) is 14.8 Å². The number of aliphatic hydroxyl groups excluding tert-OH is 1. The summed E-state index contributed by atoms with van der Waals surface area (Å²) in [6.45, 7) is 8.37. The molecular formula is C27H33N3O6. The Labute approximate surface area is 211 Å². The molecule has 1 aromatic heterocycles. The van der Waals surface area contributed by atoms with Crippen LogP contribution in [-0.4, -0.2) is 78.5 Å². The summed E-state index contributed by atoms with van der Waals surface area (Å²) >= 11 is 0. The molecule has 0 radical (unpaired) electrons. The fourth-order valence-electron chi connectivity index (χ4n) is 4.46. The van der Waals surface area contributed by atoms with Crippen LogP contribution in [0.15, 0.2) is 42.5 Å². The largest absolute Gasteiger partial charge is 0.507 e. The summed E-state index contributed by atoms with van der Waals surface area (Å²) in [6, 6.07) is 6.26. The Morgan fingerprint density at radius 2 is 1.89 bits per heavy atom. The van der Waals surface area contributed by atoms with Gasteiger partial charge in [0.25, 0.3) is 11.7 Å². The van der Waals surface area contributed by atoms with E-state index in [-0.39, 0.29) is 17.0 Å². The van der Waals surface area contributed by atoms with E-state index in [1.54, 1.807) is 44.2 Å². The van der Waals surface area contributed by atoms with Crippen molar-refractivity contribution in [3.8, 4) is 5.75 Å². The minimum absolute atomic E-state index is 0.0220. The van der Waals surface area contributed by atoms with Gasteiger partial charge in [0.2, 0.25) is 0 Å². The van der Waals surface area contributed by atoms with Crippen molar-refractivity contribution in [2.45, 2.75) is 26.3 Å². The third-order valence-corrected chi connectivity index (χ3v) is 6.17. The molecule has 1 amide bonds. The first-order chi connectivity index (χ1) is 17.1. The van der Waals surface area contributed by atoms with Crippen molar-refractivity contribution in [2.75, 3.05) is 40.9 Å². The fraction of sp³-hybridized carbons (Fsp3) is 0.370. The number of likely N-dealkylation sites (tertiary alicyclic amines) is 1. The van der Waals surface area contributed by atoms with Gasteiger partial charge in [-0.05, 0) is 64.2 Å². The lowest BCUT2D eigenvalue weighted by Gasteiger charge is -2.26. The summed E-state index contributed by atoms with van der Waals surface area (Å²) in [4.78, 5) is 45.0. The zero-order chi connectivity index (χ0) is 26.6. The molecule has 3 rings (SSSR count). The molecule has 0 saturated carbocycles. The molecule has 1 saturated heterocycles. The molecule has 0 spiro atoms. The minimum atomic E-state index is -0.795. The summed E-state index contributed by atoms with van der Waals surface area (Å²) in [5, 5.41) is 11.4. The number of rotatable bonds is 10. The number of ether oxygens (including phenoxy) is 2. The smallest absolute Gasteiger partial charge is 0.354 e. The Morgan fingerprint density at radius 3 is 2.47 bits per heavy atom. The average Bonchev–Trinajstić information content (AvgIpc) is 3.29. The van der Waals surface area contributed by atoms with Gasteiger partial charge in [0.1, 0.15) is 23.8 Å². The molecule has 9 nitrogen and oxygen atoms in total. The maximum atomic E-state index is 13.3. The van der Waals surface area contributed by atoms with Crippen LogP contribution in [-0.2, 0) is 14.3 Å². The van der Waals surface area contributed by atoms with Gasteiger partial charge in [-0.2, -0.15) is 0 Å². The number of carbonyl (C=O) groups excluding carboxylic acids is 3. The van der Waals surface area contributed by atoms with Gasteiger partial charge < -0.3 is 29.4 Å². The Balaban J connectivity index is 2.14. The van der Waals surface area contributed by atoms with Crippen molar-refractivity contribution in [2.24, 2.45) is 0 Å². The summed E-state index contributed by atoms with van der Waals surface area (Å²) in [7, 11) is 5.13. The van der Waals surface area contributed by atoms with Gasteiger partial charge in [-0.3, -0.25) is 9.59 Å². The number of aryl methyl sites for hydroxylation is 1. The Morgan fingerprint density at radius 1 is 1.22 bits per heavy atom. The average molecular weight is 496 g/mol. The SMILES string of the molecule is C=CCOc1ccc([C@@H]2C(=C(O)c3c(C)[nH]c(C(=O)OC)c3C)C(=O)C(=O)N2CCCN(C)C)cc1. The number of aromatic amines is 1. The molecule has 192 valence electrons. The first kappa shape index (κ1) is 26.7. The maximum Gasteiger partial charge on any atom is 0.354 e. The van der Waals surface area contributed by atoms with E-state index in [2.05, 4.69) is 11.6 Å². The van der Waals surface area contributed by atoms with Crippen LogP contribution in [0.25, 0.3) is 5.76 Å². The highest BCUT2D eigenvalue weighted by molar-refractivity contribution is 6.46. The summed E-state index contributed by atoms with van der Waals surface area (Å²) < 4.78 is 10.4. The van der Waals surface area contributed by atoms with Gasteiger partial charge in [-0.1, -0.05) is 24.8 Å². The van der Waals surface area contributed by atoms with Crippen molar-refractivity contribution < 1.29 is 29.0 Å². The van der Waals surface area contributed by atoms with Crippen molar-refractivity contribution in [1.29, 1.82) is 0 Å². The van der Waals surface area contributed by atoms with Crippen LogP contribution < -0.4 is 4.74 Å². The number of aliphatic hydroxyl groups is 1. The molecule has 1 aromatic carbocycles. The van der Waals surface area contributed by atoms with E-state index in [1.165, 1.54) is 12.0 Å². The molecule has 2 N–H and O–H groups in total. The normalized spacial score (nSPS) is 17.1. The molecule has 36 heavy (non-hydrogen) atoms. The van der Waals surface area contributed by atoms with Gasteiger partial charge in [0.05, 0.1) is 18.7 Å². The quantitative estimate of drug-likeness (QED) is 0.171. The molecule has 0 aliphatic carbocycles. The zero-order valence-corrected chi connectivity index (χ0v) is 21.4. The number of nitrogens with zero attached hydrogens (tertiary/aromatic N) is 2. The molecule has 1 fully saturated rings. The van der Waals surface area contributed by atoms with E-state index in [0.29, 0.717) is 47.7 Å². The maximum absolute atomic E-state index is 13.3. The van der Waals surface area contributed by atoms with Crippen LogP contribution in [0.5, 0.6) is 5.75 Å². The van der Waals surface area contributed by atoms with Crippen LogP contribution >= 0.6 is 0 Å². The second kappa shape index (κ2) is 11.3. The number of amides is 1. The standard InChI is InChI=1S/C27H33N3O6/c1-7-15-36-19-11-9-18(10-12-19)23-21(25(32)26(33)30(23)14-8-13-29(4)5)24(31)20-16(2)22(27(34)35-6)28-17(20)3/h7,9-12,23,28,31H,1,8,13-15H2,2-6H3/t23-/m1/s1. The Hall–Kier alpha value is -3.85. The predicted molar refractivity (Wildman–Crippen MR) is 136 cm³/mol. The fourth-order valence-corrected chi connectivity index (χ4v) is 4.46. The number of methoxy groups -OCH3 is 1. The first-order valence-corrected chi connectivity index (χ1v) is 11.7. The Bertz CT molecular complexity index is 1190. The highest BCUT2D eigenvalue weighted by atomic mass is 16.5. The lowest BCUT2D eigenvalue weighted by molar-refractivity contribution is -0.139. The number of esters is 1. The molecular weight excluding hydrogens is 462 g/mol. The molecule has 0 unspecified atom stereocenters. The molecule has 9 heteroatoms. The number of aromatic nitrogens is 1. The van der Waals surface area contributed by atoms with Gasteiger partial charge in [-0.15, -0.1) is 0 Å². The third kappa shape index (κ3) is 5.21. The number of H-pyrrole nitrogens is 1. The van der Waals surface area contributed by atoms with Crippen LogP contribution in [0, 0.1) is 13.8 Å². The monoisotopic (exact) mass is 495 g/mol. The number of benzene rings is 1. The van der Waals surface area contributed by atoms with E-state index >= 15 is 0 Å². The zero-order valence-electron chi connectivity index (χ0n) is 21.4. The van der Waals surface area contributed by atoms with Crippen molar-refractivity contribution in [3.63, 3.8) is 0 Å². The highest BCUT2D eigenvalue weighted by Crippen LogP contribution is 2.41. The highest BCUT2D eigenvalue weighted by Gasteiger charge is 2.46. The number of hydrogen-bond acceptors (Lipinski definition) is 7. The molecule has 1 aliphatic heterocycles. The van der Waals surface area contributed by atoms with E-state index in [0.717, 1.165) is 6.54 Å². The van der Waals surface area contributed by atoms with E-state index < -0.39 is 23.7 Å². The minimum Gasteiger partial charge on any atom is -0.507 e. The second-order valence-corrected chi connectivity index (χ2v) is 8.93. The van der Waals surface area contributed by atoms with Gasteiger partial charge >= 0.3 is 5.97 Å². The van der Waals surface area contributed by atoms with Crippen LogP contribution in [0.1, 0.15) is 45.3 Å². The molecule has 1 aliphatic rings. The number of nitrogens with one attached hydrogen (secondary N) is 1. The lowest BCUT2D eigenvalue weighted by atomic mass is 9.94. The van der Waals surface area contributed by atoms with Gasteiger partial charge in [0, 0.05) is 17.8 Å². The van der Waals surface area contributed by atoms with Crippen molar-refractivity contribution in [3.05, 3.63) is 70.6 Å². The lowest BCUT2D eigenvalue weighted by Crippen LogP contribution is -2.32. The molecule has 1 atom stereocenters. The van der Waals surface area contributed by atoms with Crippen LogP contribution in [0.2, 0.25) is 0 Å². The van der Waals surface area contributed by atoms with Crippen LogP contribution in [0.3, 0.4) is 0 Å². The van der Waals surface area contributed by atoms with Crippen molar-refractivity contribution >= 4 is 23.4 Å². The number of ketones is 1. The number of carbonyl (C=O) groups is 3. The summed E-state index contributed by atoms with van der Waals surface area (Å²) in [6.07, 6.45) is 2.28. The molecule has 0 bridgehead atoms. The van der Waals surface area contributed by atoms with E-state index in [4.69, 9.17) is 9.47 Å².